The molecule has 7 nitrogen and oxygen atoms in total. The summed E-state index contributed by atoms with van der Waals surface area (Å²) in [7, 11) is -3.86. The second-order valence-electron chi connectivity index (χ2n) is 9.35. The first kappa shape index (κ1) is 25.9. The number of furan rings is 1. The van der Waals surface area contributed by atoms with E-state index < -0.39 is 15.8 Å². The van der Waals surface area contributed by atoms with Gasteiger partial charge in [-0.15, -0.1) is 11.3 Å². The number of anilines is 1. The van der Waals surface area contributed by atoms with E-state index in [9.17, 15) is 18.0 Å². The minimum Gasteiger partial charge on any atom is -0.467 e. The van der Waals surface area contributed by atoms with Gasteiger partial charge in [0, 0.05) is 17.0 Å². The smallest absolute Gasteiger partial charge is 0.232 e. The standard InChI is InChI=1S/C29H28N2O5S2/c1-20(27-10-6-16-37-27)31(18-23-9-5-15-36-23)29(33)25(21-7-3-2-4-8-21)19-38(34,35)24-12-13-26-22(17-24)11-14-28(32)30-26/h2-10,12-13,15-17,20,25H,11,14,18-19H2,1H3,(H,30,32). The lowest BCUT2D eigenvalue weighted by Gasteiger charge is -2.32. The summed E-state index contributed by atoms with van der Waals surface area (Å²) in [5, 5.41) is 4.74. The van der Waals surface area contributed by atoms with E-state index >= 15 is 0 Å². The number of hydrogen-bond donors (Lipinski definition) is 1. The predicted molar refractivity (Wildman–Crippen MR) is 147 cm³/mol. The minimum absolute atomic E-state index is 0.0839. The maximum atomic E-state index is 14.3. The Morgan fingerprint density at radius 1 is 1.05 bits per heavy atom. The van der Waals surface area contributed by atoms with E-state index in [1.165, 1.54) is 6.07 Å². The van der Waals surface area contributed by atoms with Gasteiger partial charge in [-0.25, -0.2) is 8.42 Å². The Morgan fingerprint density at radius 3 is 2.58 bits per heavy atom. The van der Waals surface area contributed by atoms with Crippen LogP contribution in [-0.2, 0) is 32.4 Å². The van der Waals surface area contributed by atoms with Gasteiger partial charge in [0.15, 0.2) is 9.84 Å². The fourth-order valence-electron chi connectivity index (χ4n) is 4.72. The van der Waals surface area contributed by atoms with E-state index in [0.29, 0.717) is 29.9 Å². The summed E-state index contributed by atoms with van der Waals surface area (Å²) in [5.41, 5.74) is 2.04. The lowest BCUT2D eigenvalue weighted by Crippen LogP contribution is -2.38. The van der Waals surface area contributed by atoms with E-state index in [1.54, 1.807) is 52.8 Å². The largest absolute Gasteiger partial charge is 0.467 e. The number of amides is 2. The number of sulfone groups is 1. The molecule has 3 heterocycles. The molecule has 1 aliphatic heterocycles. The second kappa shape index (κ2) is 11.0. The van der Waals surface area contributed by atoms with Crippen molar-refractivity contribution in [2.45, 2.75) is 43.2 Å². The number of hydrogen-bond acceptors (Lipinski definition) is 6. The van der Waals surface area contributed by atoms with Gasteiger partial charge in [-0.1, -0.05) is 36.4 Å². The third-order valence-electron chi connectivity index (χ3n) is 6.83. The molecule has 2 aromatic carbocycles. The van der Waals surface area contributed by atoms with E-state index in [2.05, 4.69) is 5.32 Å². The molecule has 0 saturated carbocycles. The number of aryl methyl sites for hydroxylation is 1. The van der Waals surface area contributed by atoms with Crippen LogP contribution in [0.25, 0.3) is 0 Å². The highest BCUT2D eigenvalue weighted by Crippen LogP contribution is 2.33. The van der Waals surface area contributed by atoms with Gasteiger partial charge in [-0.2, -0.15) is 0 Å². The van der Waals surface area contributed by atoms with Gasteiger partial charge in [0.05, 0.1) is 35.4 Å². The zero-order chi connectivity index (χ0) is 26.7. The van der Waals surface area contributed by atoms with Crippen molar-refractivity contribution in [3.05, 3.63) is 106 Å². The number of carbonyl (C=O) groups excluding carboxylic acids is 2. The molecule has 0 spiro atoms. The highest BCUT2D eigenvalue weighted by molar-refractivity contribution is 7.91. The van der Waals surface area contributed by atoms with Crippen LogP contribution in [0.5, 0.6) is 0 Å². The van der Waals surface area contributed by atoms with Crippen molar-refractivity contribution in [1.82, 2.24) is 4.90 Å². The molecule has 196 valence electrons. The molecule has 2 unspecified atom stereocenters. The van der Waals surface area contributed by atoms with Crippen LogP contribution in [0.2, 0.25) is 0 Å². The molecule has 1 N–H and O–H groups in total. The van der Waals surface area contributed by atoms with E-state index in [-0.39, 0.29) is 35.0 Å². The molecular formula is C29H28N2O5S2. The topological polar surface area (TPSA) is 96.7 Å². The van der Waals surface area contributed by atoms with Crippen LogP contribution in [0, 0.1) is 0 Å². The fraction of sp³-hybridized carbons (Fsp3) is 0.241. The van der Waals surface area contributed by atoms with Gasteiger partial charge < -0.3 is 14.6 Å². The highest BCUT2D eigenvalue weighted by Gasteiger charge is 2.35. The number of benzene rings is 2. The first-order chi connectivity index (χ1) is 18.3. The van der Waals surface area contributed by atoms with Crippen LogP contribution in [-0.4, -0.2) is 30.9 Å². The van der Waals surface area contributed by atoms with Crippen molar-refractivity contribution in [2.24, 2.45) is 0 Å². The average Bonchev–Trinajstić information content (AvgIpc) is 3.65. The molecule has 1 aliphatic rings. The number of fused-ring (bicyclic) bond motifs is 1. The first-order valence-electron chi connectivity index (χ1n) is 12.4. The molecular weight excluding hydrogens is 520 g/mol. The Labute approximate surface area is 226 Å². The second-order valence-corrected chi connectivity index (χ2v) is 12.4. The van der Waals surface area contributed by atoms with Crippen LogP contribution in [0.1, 0.15) is 47.1 Å². The predicted octanol–water partition coefficient (Wildman–Crippen LogP) is 5.57. The number of nitrogens with one attached hydrogen (secondary N) is 1. The summed E-state index contributed by atoms with van der Waals surface area (Å²) in [5.74, 6) is -1.06. The minimum atomic E-state index is -3.86. The molecule has 38 heavy (non-hydrogen) atoms. The van der Waals surface area contributed by atoms with Crippen LogP contribution in [0.15, 0.2) is 93.8 Å². The third kappa shape index (κ3) is 5.58. The molecule has 0 bridgehead atoms. The summed E-state index contributed by atoms with van der Waals surface area (Å²) in [6.45, 7) is 2.16. The Bertz CT molecular complexity index is 1510. The number of nitrogens with zero attached hydrogens (tertiary/aromatic N) is 1. The first-order valence-corrected chi connectivity index (χ1v) is 14.9. The monoisotopic (exact) mass is 548 g/mol. The molecule has 0 saturated heterocycles. The molecule has 2 atom stereocenters. The molecule has 9 heteroatoms. The Morgan fingerprint density at radius 2 is 1.87 bits per heavy atom. The maximum Gasteiger partial charge on any atom is 0.232 e. The van der Waals surface area contributed by atoms with E-state index in [1.807, 2.05) is 48.7 Å². The van der Waals surface area contributed by atoms with Gasteiger partial charge in [0.2, 0.25) is 11.8 Å². The maximum absolute atomic E-state index is 14.3. The van der Waals surface area contributed by atoms with Crippen LogP contribution >= 0.6 is 11.3 Å². The number of carbonyl (C=O) groups is 2. The van der Waals surface area contributed by atoms with Crippen molar-refractivity contribution in [1.29, 1.82) is 0 Å². The van der Waals surface area contributed by atoms with Crippen molar-refractivity contribution in [3.8, 4) is 0 Å². The average molecular weight is 549 g/mol. The van der Waals surface area contributed by atoms with E-state index in [0.717, 1.165) is 10.4 Å². The quantitative estimate of drug-likeness (QED) is 0.295. The van der Waals surface area contributed by atoms with Gasteiger partial charge in [-0.3, -0.25) is 9.59 Å². The third-order valence-corrected chi connectivity index (χ3v) is 9.62. The zero-order valence-electron chi connectivity index (χ0n) is 20.9. The normalized spacial score (nSPS) is 14.8. The van der Waals surface area contributed by atoms with Gasteiger partial charge in [-0.05, 0) is 66.2 Å². The molecule has 0 fully saturated rings. The van der Waals surface area contributed by atoms with Crippen molar-refractivity contribution in [3.63, 3.8) is 0 Å². The summed E-state index contributed by atoms with van der Waals surface area (Å²) < 4.78 is 33.0. The van der Waals surface area contributed by atoms with Crippen molar-refractivity contribution in [2.75, 3.05) is 11.1 Å². The Kier molecular flexibility index (Phi) is 7.49. The van der Waals surface area contributed by atoms with Crippen LogP contribution < -0.4 is 5.32 Å². The number of rotatable bonds is 9. The van der Waals surface area contributed by atoms with Crippen molar-refractivity contribution < 1.29 is 22.4 Å². The van der Waals surface area contributed by atoms with E-state index in [4.69, 9.17) is 4.42 Å². The SMILES string of the molecule is CC(c1cccs1)N(Cc1ccco1)C(=O)C(CS(=O)(=O)c1ccc2c(c1)CCC(=O)N2)c1ccccc1. The van der Waals surface area contributed by atoms with Gasteiger partial charge in [0.1, 0.15) is 5.76 Å². The van der Waals surface area contributed by atoms with Crippen molar-refractivity contribution >= 4 is 38.7 Å². The fourth-order valence-corrected chi connectivity index (χ4v) is 7.08. The molecule has 0 radical (unpaired) electrons. The molecule has 5 rings (SSSR count). The van der Waals surface area contributed by atoms with Gasteiger partial charge in [0.25, 0.3) is 0 Å². The number of thiophene rings is 1. The summed E-state index contributed by atoms with van der Waals surface area (Å²) >= 11 is 1.55. The summed E-state index contributed by atoms with van der Waals surface area (Å²) in [4.78, 5) is 28.8. The van der Waals surface area contributed by atoms with Crippen LogP contribution in [0.4, 0.5) is 5.69 Å². The lowest BCUT2D eigenvalue weighted by molar-refractivity contribution is -0.135. The molecule has 4 aromatic rings. The summed E-state index contributed by atoms with van der Waals surface area (Å²) in [6, 6.07) is 21.0. The highest BCUT2D eigenvalue weighted by atomic mass is 32.2. The Balaban J connectivity index is 1.50. The molecule has 2 amide bonds. The zero-order valence-corrected chi connectivity index (χ0v) is 22.5. The Hall–Kier alpha value is -3.69. The van der Waals surface area contributed by atoms with Gasteiger partial charge >= 0.3 is 0 Å². The van der Waals surface area contributed by atoms with Crippen LogP contribution in [0.3, 0.4) is 0 Å². The summed E-state index contributed by atoms with van der Waals surface area (Å²) in [6.07, 6.45) is 2.34. The molecule has 0 aliphatic carbocycles. The lowest BCUT2D eigenvalue weighted by atomic mass is 9.98. The molecule has 2 aromatic heterocycles.